The van der Waals surface area contributed by atoms with E-state index in [2.05, 4.69) is 4.98 Å². The standard InChI is InChI=1S/C8H6F3NO2/c1-4(13)6-2-5(14)3-12-7(6)8(9,10)11/h2-3,14H,1H3. The number of hydrogen-bond donors (Lipinski definition) is 1. The second-order valence-corrected chi connectivity index (χ2v) is 2.64. The van der Waals surface area contributed by atoms with Gasteiger partial charge < -0.3 is 5.11 Å². The molecule has 0 unspecified atom stereocenters. The van der Waals surface area contributed by atoms with Crippen LogP contribution in [0.2, 0.25) is 0 Å². The molecular weight excluding hydrogens is 199 g/mol. The van der Waals surface area contributed by atoms with Crippen LogP contribution in [0.1, 0.15) is 23.0 Å². The number of aromatic nitrogens is 1. The van der Waals surface area contributed by atoms with Crippen molar-refractivity contribution in [2.45, 2.75) is 13.1 Å². The zero-order valence-corrected chi connectivity index (χ0v) is 7.09. The Morgan fingerprint density at radius 2 is 2.07 bits per heavy atom. The molecule has 0 amide bonds. The summed E-state index contributed by atoms with van der Waals surface area (Å²) >= 11 is 0. The van der Waals surface area contributed by atoms with Crippen molar-refractivity contribution in [1.82, 2.24) is 4.98 Å². The van der Waals surface area contributed by atoms with Crippen LogP contribution in [0.3, 0.4) is 0 Å². The van der Waals surface area contributed by atoms with Crippen LogP contribution in [0, 0.1) is 0 Å². The first kappa shape index (κ1) is 10.5. The van der Waals surface area contributed by atoms with Crippen molar-refractivity contribution in [3.05, 3.63) is 23.5 Å². The molecule has 0 fully saturated rings. The highest BCUT2D eigenvalue weighted by atomic mass is 19.4. The molecule has 0 aliphatic rings. The number of carbonyl (C=O) groups excluding carboxylic acids is 1. The Morgan fingerprint density at radius 3 is 2.50 bits per heavy atom. The zero-order chi connectivity index (χ0) is 10.9. The fraction of sp³-hybridized carbons (Fsp3) is 0.250. The number of Topliss-reactive ketones (excluding diaryl/α,β-unsaturated/α-hetero) is 1. The number of halogens is 3. The smallest absolute Gasteiger partial charge is 0.434 e. The van der Waals surface area contributed by atoms with Crippen molar-refractivity contribution in [3.8, 4) is 5.75 Å². The second kappa shape index (κ2) is 3.28. The number of carbonyl (C=O) groups is 1. The van der Waals surface area contributed by atoms with Gasteiger partial charge in [-0.3, -0.25) is 4.79 Å². The average Bonchev–Trinajstić information content (AvgIpc) is 2.01. The highest BCUT2D eigenvalue weighted by Gasteiger charge is 2.36. The van der Waals surface area contributed by atoms with Crippen molar-refractivity contribution < 1.29 is 23.1 Å². The predicted molar refractivity (Wildman–Crippen MR) is 40.9 cm³/mol. The van der Waals surface area contributed by atoms with Gasteiger partial charge in [-0.1, -0.05) is 0 Å². The summed E-state index contributed by atoms with van der Waals surface area (Å²) < 4.78 is 36.7. The number of rotatable bonds is 1. The first-order valence-electron chi connectivity index (χ1n) is 3.59. The predicted octanol–water partition coefficient (Wildman–Crippen LogP) is 2.01. The van der Waals surface area contributed by atoms with Gasteiger partial charge in [-0.15, -0.1) is 0 Å². The fourth-order valence-electron chi connectivity index (χ4n) is 0.948. The van der Waals surface area contributed by atoms with Gasteiger partial charge in [-0.05, 0) is 13.0 Å². The third kappa shape index (κ3) is 2.01. The number of aromatic hydroxyl groups is 1. The number of hydrogen-bond acceptors (Lipinski definition) is 3. The Bertz CT molecular complexity index is 373. The molecule has 3 nitrogen and oxygen atoms in total. The van der Waals surface area contributed by atoms with Crippen molar-refractivity contribution in [1.29, 1.82) is 0 Å². The number of ketones is 1. The van der Waals surface area contributed by atoms with Gasteiger partial charge in [0, 0.05) is 0 Å². The average molecular weight is 205 g/mol. The van der Waals surface area contributed by atoms with Crippen molar-refractivity contribution in [2.75, 3.05) is 0 Å². The van der Waals surface area contributed by atoms with Gasteiger partial charge in [-0.2, -0.15) is 13.2 Å². The molecular formula is C8H6F3NO2. The van der Waals surface area contributed by atoms with Crippen LogP contribution in [-0.2, 0) is 6.18 Å². The van der Waals surface area contributed by atoms with Crippen LogP contribution in [0.4, 0.5) is 13.2 Å². The minimum absolute atomic E-state index is 0.469. The SMILES string of the molecule is CC(=O)c1cc(O)cnc1C(F)(F)F. The van der Waals surface area contributed by atoms with E-state index in [1.165, 1.54) is 0 Å². The molecule has 76 valence electrons. The maximum absolute atomic E-state index is 12.2. The Balaban J connectivity index is 3.37. The minimum atomic E-state index is -4.69. The van der Waals surface area contributed by atoms with Gasteiger partial charge in [0.25, 0.3) is 0 Å². The summed E-state index contributed by atoms with van der Waals surface area (Å²) in [6.07, 6.45) is -4.04. The normalized spacial score (nSPS) is 11.4. The number of alkyl halides is 3. The maximum atomic E-state index is 12.2. The molecule has 1 rings (SSSR count). The third-order valence-electron chi connectivity index (χ3n) is 1.52. The van der Waals surface area contributed by atoms with E-state index in [0.717, 1.165) is 13.0 Å². The molecule has 6 heteroatoms. The molecule has 0 saturated heterocycles. The molecule has 1 aromatic rings. The van der Waals surface area contributed by atoms with Crippen LogP contribution in [0.15, 0.2) is 12.3 Å². The van der Waals surface area contributed by atoms with E-state index in [0.29, 0.717) is 6.20 Å². The van der Waals surface area contributed by atoms with E-state index in [-0.39, 0.29) is 0 Å². The largest absolute Gasteiger partial charge is 0.506 e. The van der Waals surface area contributed by atoms with Crippen LogP contribution >= 0.6 is 0 Å². The second-order valence-electron chi connectivity index (χ2n) is 2.64. The quantitative estimate of drug-likeness (QED) is 0.713. The zero-order valence-electron chi connectivity index (χ0n) is 7.09. The fourth-order valence-corrected chi connectivity index (χ4v) is 0.948. The van der Waals surface area contributed by atoms with E-state index in [1.54, 1.807) is 0 Å². The first-order valence-corrected chi connectivity index (χ1v) is 3.59. The summed E-state index contributed by atoms with van der Waals surface area (Å²) in [6, 6.07) is 0.748. The van der Waals surface area contributed by atoms with E-state index in [1.807, 2.05) is 0 Å². The van der Waals surface area contributed by atoms with Crippen LogP contribution in [-0.4, -0.2) is 15.9 Å². The van der Waals surface area contributed by atoms with E-state index in [9.17, 15) is 18.0 Å². The molecule has 14 heavy (non-hydrogen) atoms. The van der Waals surface area contributed by atoms with Crippen LogP contribution in [0.5, 0.6) is 5.75 Å². The lowest BCUT2D eigenvalue weighted by atomic mass is 10.1. The third-order valence-corrected chi connectivity index (χ3v) is 1.52. The van der Waals surface area contributed by atoms with E-state index in [4.69, 9.17) is 5.11 Å². The van der Waals surface area contributed by atoms with Gasteiger partial charge >= 0.3 is 6.18 Å². The van der Waals surface area contributed by atoms with Gasteiger partial charge in [0.15, 0.2) is 11.5 Å². The van der Waals surface area contributed by atoms with Gasteiger partial charge in [-0.25, -0.2) is 4.98 Å². The molecule has 0 radical (unpaired) electrons. The Labute approximate surface area is 77.2 Å². The molecule has 1 aromatic heterocycles. The molecule has 1 heterocycles. The van der Waals surface area contributed by atoms with Crippen LogP contribution in [0.25, 0.3) is 0 Å². The van der Waals surface area contributed by atoms with E-state index >= 15 is 0 Å². The summed E-state index contributed by atoms with van der Waals surface area (Å²) in [6.45, 7) is 0.978. The highest BCUT2D eigenvalue weighted by molar-refractivity contribution is 5.95. The molecule has 0 aromatic carbocycles. The van der Waals surface area contributed by atoms with Crippen molar-refractivity contribution in [3.63, 3.8) is 0 Å². The summed E-state index contributed by atoms with van der Waals surface area (Å²) in [4.78, 5) is 13.8. The highest BCUT2D eigenvalue weighted by Crippen LogP contribution is 2.31. The Hall–Kier alpha value is -1.59. The molecule has 0 aliphatic carbocycles. The summed E-state index contributed by atoms with van der Waals surface area (Å²) in [7, 11) is 0. The number of nitrogens with zero attached hydrogens (tertiary/aromatic N) is 1. The molecule has 0 bridgehead atoms. The van der Waals surface area contributed by atoms with Gasteiger partial charge in [0.1, 0.15) is 5.75 Å². The van der Waals surface area contributed by atoms with Gasteiger partial charge in [0.05, 0.1) is 11.8 Å². The minimum Gasteiger partial charge on any atom is -0.506 e. The molecule has 0 spiro atoms. The van der Waals surface area contributed by atoms with Crippen molar-refractivity contribution >= 4 is 5.78 Å². The first-order chi connectivity index (χ1) is 6.32. The lowest BCUT2D eigenvalue weighted by molar-refractivity contribution is -0.141. The number of pyridine rings is 1. The topological polar surface area (TPSA) is 50.2 Å². The van der Waals surface area contributed by atoms with Crippen LogP contribution < -0.4 is 0 Å². The summed E-state index contributed by atoms with van der Waals surface area (Å²) in [5.74, 6) is -1.26. The molecule has 1 N–H and O–H groups in total. The Morgan fingerprint density at radius 1 is 1.50 bits per heavy atom. The Kier molecular flexibility index (Phi) is 2.46. The molecule has 0 saturated carbocycles. The van der Waals surface area contributed by atoms with Gasteiger partial charge in [0.2, 0.25) is 0 Å². The van der Waals surface area contributed by atoms with E-state index < -0.39 is 29.0 Å². The molecule has 0 aliphatic heterocycles. The molecule has 0 atom stereocenters. The maximum Gasteiger partial charge on any atom is 0.434 e. The lowest BCUT2D eigenvalue weighted by Gasteiger charge is -2.09. The monoisotopic (exact) mass is 205 g/mol. The summed E-state index contributed by atoms with van der Waals surface area (Å²) in [5, 5.41) is 8.87. The van der Waals surface area contributed by atoms with Crippen molar-refractivity contribution in [2.24, 2.45) is 0 Å². The lowest BCUT2D eigenvalue weighted by Crippen LogP contribution is -2.13. The summed E-state index contributed by atoms with van der Waals surface area (Å²) in [5.41, 5.74) is -1.90.